The van der Waals surface area contributed by atoms with Gasteiger partial charge in [-0.2, -0.15) is 13.2 Å². The Labute approximate surface area is 90.3 Å². The lowest BCUT2D eigenvalue weighted by atomic mass is 10.0. The molecule has 0 aromatic heterocycles. The van der Waals surface area contributed by atoms with E-state index >= 15 is 0 Å². The molecule has 0 amide bonds. The lowest BCUT2D eigenvalue weighted by molar-refractivity contribution is -0.140. The van der Waals surface area contributed by atoms with Gasteiger partial charge in [-0.05, 0) is 17.7 Å². The molecule has 2 N–H and O–H groups in total. The van der Waals surface area contributed by atoms with Crippen molar-refractivity contribution in [3.63, 3.8) is 0 Å². The van der Waals surface area contributed by atoms with Crippen molar-refractivity contribution in [3.8, 4) is 12.3 Å². The summed E-state index contributed by atoms with van der Waals surface area (Å²) in [5.74, 6) is 0.923. The molecule has 5 heteroatoms. The first-order valence-electron chi connectivity index (χ1n) is 4.42. The van der Waals surface area contributed by atoms with Crippen molar-refractivity contribution in [2.75, 3.05) is 0 Å². The third-order valence-corrected chi connectivity index (χ3v) is 2.06. The first-order valence-corrected chi connectivity index (χ1v) is 4.42. The summed E-state index contributed by atoms with van der Waals surface area (Å²) in [5, 5.41) is 0. The van der Waals surface area contributed by atoms with E-state index in [0.29, 0.717) is 6.07 Å². The van der Waals surface area contributed by atoms with Crippen molar-refractivity contribution in [1.82, 2.24) is 0 Å². The van der Waals surface area contributed by atoms with E-state index in [1.54, 1.807) is 0 Å². The number of rotatable bonds is 2. The fourth-order valence-electron chi connectivity index (χ4n) is 1.24. The zero-order valence-electron chi connectivity index (χ0n) is 8.18. The summed E-state index contributed by atoms with van der Waals surface area (Å²) in [6.45, 7) is 0. The summed E-state index contributed by atoms with van der Waals surface area (Å²) in [6.07, 6.45) is 0.368. The summed E-state index contributed by atoms with van der Waals surface area (Å²) in [7, 11) is 0. The third-order valence-electron chi connectivity index (χ3n) is 2.06. The van der Waals surface area contributed by atoms with Gasteiger partial charge in [0, 0.05) is 12.5 Å². The second-order valence-corrected chi connectivity index (χ2v) is 3.25. The van der Waals surface area contributed by atoms with E-state index in [9.17, 15) is 17.6 Å². The highest BCUT2D eigenvalue weighted by Gasteiger charge is 2.34. The number of hydrogen-bond acceptors (Lipinski definition) is 1. The van der Waals surface area contributed by atoms with Gasteiger partial charge in [-0.3, -0.25) is 0 Å². The molecule has 0 aliphatic heterocycles. The van der Waals surface area contributed by atoms with Crippen LogP contribution in [0.1, 0.15) is 23.6 Å². The molecule has 0 aliphatic rings. The van der Waals surface area contributed by atoms with Crippen LogP contribution in [0.25, 0.3) is 0 Å². The molecule has 1 nitrogen and oxygen atoms in total. The van der Waals surface area contributed by atoms with E-state index in [0.717, 1.165) is 6.07 Å². The number of hydrogen-bond donors (Lipinski definition) is 1. The minimum Gasteiger partial charge on any atom is -0.323 e. The fraction of sp³-hybridized carbons (Fsp3) is 0.273. The number of benzene rings is 1. The van der Waals surface area contributed by atoms with Gasteiger partial charge in [-0.15, -0.1) is 12.3 Å². The summed E-state index contributed by atoms with van der Waals surface area (Å²) in [6, 6.07) is 1.92. The third kappa shape index (κ3) is 2.74. The Morgan fingerprint density at radius 1 is 1.38 bits per heavy atom. The first-order chi connectivity index (χ1) is 7.36. The van der Waals surface area contributed by atoms with Gasteiger partial charge in [0.1, 0.15) is 5.82 Å². The highest BCUT2D eigenvalue weighted by Crippen LogP contribution is 2.32. The number of terminal acetylenes is 1. The standard InChI is InChI=1S/C11H9F4N/c1-2-3-10(16)7-4-5-9(12)8(6-7)11(13,14)15/h1,4-6,10H,3,16H2. The minimum atomic E-state index is -4.73. The molecule has 0 bridgehead atoms. The Balaban J connectivity index is 3.13. The van der Waals surface area contributed by atoms with Crippen LogP contribution >= 0.6 is 0 Å². The zero-order chi connectivity index (χ0) is 12.3. The van der Waals surface area contributed by atoms with Gasteiger partial charge >= 0.3 is 6.18 Å². The van der Waals surface area contributed by atoms with Crippen LogP contribution in [0.3, 0.4) is 0 Å². The van der Waals surface area contributed by atoms with E-state index < -0.39 is 23.6 Å². The van der Waals surface area contributed by atoms with Crippen molar-refractivity contribution >= 4 is 0 Å². The van der Waals surface area contributed by atoms with E-state index in [2.05, 4.69) is 5.92 Å². The molecular formula is C11H9F4N. The first kappa shape index (κ1) is 12.5. The fourth-order valence-corrected chi connectivity index (χ4v) is 1.24. The normalized spacial score (nSPS) is 13.2. The molecule has 1 aromatic carbocycles. The Kier molecular flexibility index (Phi) is 3.55. The van der Waals surface area contributed by atoms with Crippen LogP contribution in [0, 0.1) is 18.2 Å². The lowest BCUT2D eigenvalue weighted by Gasteiger charge is -2.13. The number of alkyl halides is 3. The van der Waals surface area contributed by atoms with Crippen LogP contribution in [0.15, 0.2) is 18.2 Å². The van der Waals surface area contributed by atoms with Crippen molar-refractivity contribution in [3.05, 3.63) is 35.1 Å². The van der Waals surface area contributed by atoms with Gasteiger partial charge in [0.25, 0.3) is 0 Å². The maximum Gasteiger partial charge on any atom is 0.419 e. The average molecular weight is 231 g/mol. The maximum atomic E-state index is 12.9. The van der Waals surface area contributed by atoms with Gasteiger partial charge in [0.15, 0.2) is 0 Å². The van der Waals surface area contributed by atoms with Gasteiger partial charge in [0.2, 0.25) is 0 Å². The SMILES string of the molecule is C#CCC(N)c1ccc(F)c(C(F)(F)F)c1. The van der Waals surface area contributed by atoms with Gasteiger partial charge in [-0.25, -0.2) is 4.39 Å². The van der Waals surface area contributed by atoms with E-state index in [4.69, 9.17) is 12.2 Å². The second-order valence-electron chi connectivity index (χ2n) is 3.25. The molecule has 0 heterocycles. The summed E-state index contributed by atoms with van der Waals surface area (Å²) < 4.78 is 50.0. The average Bonchev–Trinajstić information content (AvgIpc) is 2.16. The quantitative estimate of drug-likeness (QED) is 0.614. The summed E-state index contributed by atoms with van der Waals surface area (Å²) >= 11 is 0. The van der Waals surface area contributed by atoms with E-state index in [1.807, 2.05) is 0 Å². The minimum absolute atomic E-state index is 0.100. The maximum absolute atomic E-state index is 12.9. The van der Waals surface area contributed by atoms with Gasteiger partial charge < -0.3 is 5.73 Å². The van der Waals surface area contributed by atoms with Crippen LogP contribution in [-0.2, 0) is 6.18 Å². The molecule has 0 fully saturated rings. The molecule has 16 heavy (non-hydrogen) atoms. The largest absolute Gasteiger partial charge is 0.419 e. The molecule has 0 saturated heterocycles. The highest BCUT2D eigenvalue weighted by atomic mass is 19.4. The molecule has 0 saturated carbocycles. The Bertz CT molecular complexity index is 417. The van der Waals surface area contributed by atoms with Gasteiger partial charge in [0.05, 0.1) is 5.56 Å². The van der Waals surface area contributed by atoms with E-state index in [-0.39, 0.29) is 12.0 Å². The molecule has 1 rings (SSSR count). The van der Waals surface area contributed by atoms with Gasteiger partial charge in [-0.1, -0.05) is 6.07 Å². The van der Waals surface area contributed by atoms with Crippen LogP contribution in [0.2, 0.25) is 0 Å². The van der Waals surface area contributed by atoms with Crippen LogP contribution in [0.4, 0.5) is 17.6 Å². The predicted octanol–water partition coefficient (Wildman–Crippen LogP) is 2.87. The molecule has 0 radical (unpaired) electrons. The van der Waals surface area contributed by atoms with Crippen LogP contribution in [0.5, 0.6) is 0 Å². The van der Waals surface area contributed by atoms with Crippen molar-refractivity contribution < 1.29 is 17.6 Å². The van der Waals surface area contributed by atoms with Crippen molar-refractivity contribution in [2.24, 2.45) is 5.73 Å². The molecule has 86 valence electrons. The smallest absolute Gasteiger partial charge is 0.323 e. The van der Waals surface area contributed by atoms with Crippen LogP contribution in [-0.4, -0.2) is 0 Å². The Morgan fingerprint density at radius 2 is 2.00 bits per heavy atom. The molecule has 0 spiro atoms. The highest BCUT2D eigenvalue weighted by molar-refractivity contribution is 5.29. The van der Waals surface area contributed by atoms with E-state index in [1.165, 1.54) is 6.07 Å². The van der Waals surface area contributed by atoms with Crippen LogP contribution < -0.4 is 5.73 Å². The molecule has 1 unspecified atom stereocenters. The molecule has 1 atom stereocenters. The lowest BCUT2D eigenvalue weighted by Crippen LogP contribution is -2.13. The van der Waals surface area contributed by atoms with Crippen molar-refractivity contribution in [1.29, 1.82) is 0 Å². The monoisotopic (exact) mass is 231 g/mol. The zero-order valence-corrected chi connectivity index (χ0v) is 8.18. The summed E-state index contributed by atoms with van der Waals surface area (Å²) in [4.78, 5) is 0. The predicted molar refractivity (Wildman–Crippen MR) is 51.8 cm³/mol. The van der Waals surface area contributed by atoms with Crippen molar-refractivity contribution in [2.45, 2.75) is 18.6 Å². The summed E-state index contributed by atoms with van der Waals surface area (Å²) in [5.41, 5.74) is 4.39. The molecular weight excluding hydrogens is 222 g/mol. The number of nitrogens with two attached hydrogens (primary N) is 1. The Morgan fingerprint density at radius 3 is 2.50 bits per heavy atom. The second kappa shape index (κ2) is 4.54. The molecule has 0 aliphatic carbocycles. The number of halogens is 4. The Hall–Kier alpha value is -1.54. The topological polar surface area (TPSA) is 26.0 Å². The molecule has 1 aromatic rings.